The van der Waals surface area contributed by atoms with Crippen LogP contribution in [0.25, 0.3) is 0 Å². The number of benzene rings is 2. The predicted molar refractivity (Wildman–Crippen MR) is 83.2 cm³/mol. The van der Waals surface area contributed by atoms with Crippen molar-refractivity contribution in [1.29, 1.82) is 0 Å². The number of aryl methyl sites for hydroxylation is 1. The molecule has 2 rings (SSSR count). The summed E-state index contributed by atoms with van der Waals surface area (Å²) in [5.74, 6) is 5.27. The number of halogens is 1. The highest BCUT2D eigenvalue weighted by atomic mass is 35.5. The Morgan fingerprint density at radius 1 is 1.25 bits per heavy atom. The van der Waals surface area contributed by atoms with Crippen LogP contribution in [0.4, 0.5) is 11.4 Å². The molecule has 2 aromatic rings. The molecular formula is C15H16ClN3O. The SMILES string of the molecule is Cc1ccccc1N(C)C(=O)c1cc(Cl)ccc1NN. The summed E-state index contributed by atoms with van der Waals surface area (Å²) in [6, 6.07) is 12.7. The molecule has 1 amide bonds. The highest BCUT2D eigenvalue weighted by Gasteiger charge is 2.18. The summed E-state index contributed by atoms with van der Waals surface area (Å²) in [5.41, 5.74) is 5.36. The number of hydrogen-bond donors (Lipinski definition) is 2. The van der Waals surface area contributed by atoms with Gasteiger partial charge in [-0.1, -0.05) is 29.8 Å². The van der Waals surface area contributed by atoms with Crippen LogP contribution in [0.15, 0.2) is 42.5 Å². The Labute approximate surface area is 123 Å². The van der Waals surface area contributed by atoms with Gasteiger partial charge in [-0.15, -0.1) is 0 Å². The maximum Gasteiger partial charge on any atom is 0.260 e. The first-order valence-corrected chi connectivity index (χ1v) is 6.52. The van der Waals surface area contributed by atoms with E-state index in [1.54, 1.807) is 30.1 Å². The lowest BCUT2D eigenvalue weighted by Crippen LogP contribution is -2.28. The van der Waals surface area contributed by atoms with E-state index in [4.69, 9.17) is 17.4 Å². The molecule has 0 heterocycles. The van der Waals surface area contributed by atoms with Crippen LogP contribution in [0, 0.1) is 6.92 Å². The molecule has 0 atom stereocenters. The van der Waals surface area contributed by atoms with Gasteiger partial charge in [-0.25, -0.2) is 0 Å². The van der Waals surface area contributed by atoms with Gasteiger partial charge in [0, 0.05) is 17.8 Å². The second kappa shape index (κ2) is 5.94. The third-order valence-electron chi connectivity index (χ3n) is 3.15. The van der Waals surface area contributed by atoms with Crippen molar-refractivity contribution in [2.24, 2.45) is 5.84 Å². The van der Waals surface area contributed by atoms with Crippen LogP contribution >= 0.6 is 11.6 Å². The molecule has 0 saturated carbocycles. The van der Waals surface area contributed by atoms with Gasteiger partial charge in [0.25, 0.3) is 5.91 Å². The van der Waals surface area contributed by atoms with E-state index in [1.807, 2.05) is 31.2 Å². The summed E-state index contributed by atoms with van der Waals surface area (Å²) in [5, 5.41) is 0.491. The first-order chi connectivity index (χ1) is 9.54. The zero-order valence-corrected chi connectivity index (χ0v) is 12.1. The first-order valence-electron chi connectivity index (χ1n) is 6.14. The third kappa shape index (κ3) is 2.76. The Morgan fingerprint density at radius 2 is 1.95 bits per heavy atom. The number of nitrogen functional groups attached to an aromatic ring is 1. The molecular weight excluding hydrogens is 274 g/mol. The maximum atomic E-state index is 12.6. The molecule has 2 aromatic carbocycles. The van der Waals surface area contributed by atoms with E-state index in [9.17, 15) is 4.79 Å². The van der Waals surface area contributed by atoms with Crippen LogP contribution in [0.1, 0.15) is 15.9 Å². The minimum atomic E-state index is -0.172. The average Bonchev–Trinajstić information content (AvgIpc) is 2.46. The Morgan fingerprint density at radius 3 is 2.60 bits per heavy atom. The monoisotopic (exact) mass is 289 g/mol. The number of para-hydroxylation sites is 1. The number of nitrogens with two attached hydrogens (primary N) is 1. The number of hydrazine groups is 1. The molecule has 0 unspecified atom stereocenters. The highest BCUT2D eigenvalue weighted by molar-refractivity contribution is 6.31. The number of amides is 1. The fraction of sp³-hybridized carbons (Fsp3) is 0.133. The number of hydrogen-bond acceptors (Lipinski definition) is 3. The van der Waals surface area contributed by atoms with Gasteiger partial charge in [-0.05, 0) is 36.8 Å². The number of rotatable bonds is 3. The van der Waals surface area contributed by atoms with Crippen LogP contribution in [0.3, 0.4) is 0 Å². The number of carbonyl (C=O) groups excluding carboxylic acids is 1. The van der Waals surface area contributed by atoms with E-state index in [0.717, 1.165) is 11.3 Å². The average molecular weight is 290 g/mol. The van der Waals surface area contributed by atoms with Crippen LogP contribution in [-0.4, -0.2) is 13.0 Å². The van der Waals surface area contributed by atoms with Crippen LogP contribution in [0.2, 0.25) is 5.02 Å². The van der Waals surface area contributed by atoms with Gasteiger partial charge < -0.3 is 10.3 Å². The summed E-state index contributed by atoms with van der Waals surface area (Å²) in [7, 11) is 1.73. The van der Waals surface area contributed by atoms with Crippen molar-refractivity contribution in [1.82, 2.24) is 0 Å². The van der Waals surface area contributed by atoms with Gasteiger partial charge in [0.15, 0.2) is 0 Å². The lowest BCUT2D eigenvalue weighted by molar-refractivity contribution is 0.0993. The van der Waals surface area contributed by atoms with Crippen molar-refractivity contribution < 1.29 is 4.79 Å². The summed E-state index contributed by atoms with van der Waals surface area (Å²) in [6.07, 6.45) is 0. The van der Waals surface area contributed by atoms with Crippen molar-refractivity contribution in [2.75, 3.05) is 17.4 Å². The molecule has 0 spiro atoms. The zero-order valence-electron chi connectivity index (χ0n) is 11.4. The molecule has 20 heavy (non-hydrogen) atoms. The van der Waals surface area contributed by atoms with Crippen molar-refractivity contribution in [3.8, 4) is 0 Å². The summed E-state index contributed by atoms with van der Waals surface area (Å²) in [4.78, 5) is 14.2. The Balaban J connectivity index is 2.41. The number of nitrogens with zero attached hydrogens (tertiary/aromatic N) is 1. The fourth-order valence-corrected chi connectivity index (χ4v) is 2.22. The number of carbonyl (C=O) groups is 1. The van der Waals surface area contributed by atoms with Gasteiger partial charge >= 0.3 is 0 Å². The van der Waals surface area contributed by atoms with E-state index in [0.29, 0.717) is 16.3 Å². The summed E-state index contributed by atoms with van der Waals surface area (Å²) in [6.45, 7) is 1.96. The lowest BCUT2D eigenvalue weighted by atomic mass is 10.1. The van der Waals surface area contributed by atoms with E-state index < -0.39 is 0 Å². The predicted octanol–water partition coefficient (Wildman–Crippen LogP) is 3.21. The van der Waals surface area contributed by atoms with Crippen LogP contribution < -0.4 is 16.2 Å². The minimum Gasteiger partial charge on any atom is -0.323 e. The van der Waals surface area contributed by atoms with Gasteiger partial charge in [0.2, 0.25) is 0 Å². The van der Waals surface area contributed by atoms with Crippen molar-refractivity contribution in [2.45, 2.75) is 6.92 Å². The van der Waals surface area contributed by atoms with Crippen molar-refractivity contribution in [3.63, 3.8) is 0 Å². The zero-order chi connectivity index (χ0) is 14.7. The molecule has 3 N–H and O–H groups in total. The molecule has 0 radical (unpaired) electrons. The molecule has 0 aromatic heterocycles. The second-order valence-corrected chi connectivity index (χ2v) is 4.92. The molecule has 0 aliphatic heterocycles. The Kier molecular flexibility index (Phi) is 4.27. The smallest absolute Gasteiger partial charge is 0.260 e. The Bertz CT molecular complexity index is 643. The van der Waals surface area contributed by atoms with E-state index in [-0.39, 0.29) is 5.91 Å². The van der Waals surface area contributed by atoms with E-state index in [2.05, 4.69) is 5.43 Å². The molecule has 0 aliphatic carbocycles. The van der Waals surface area contributed by atoms with E-state index >= 15 is 0 Å². The Hall–Kier alpha value is -2.04. The molecule has 0 saturated heterocycles. The number of anilines is 2. The maximum absolute atomic E-state index is 12.6. The van der Waals surface area contributed by atoms with Gasteiger partial charge in [0.05, 0.1) is 11.3 Å². The summed E-state index contributed by atoms with van der Waals surface area (Å²) < 4.78 is 0. The largest absolute Gasteiger partial charge is 0.323 e. The number of nitrogens with one attached hydrogen (secondary N) is 1. The topological polar surface area (TPSA) is 58.4 Å². The lowest BCUT2D eigenvalue weighted by Gasteiger charge is -2.21. The molecule has 0 aliphatic rings. The highest BCUT2D eigenvalue weighted by Crippen LogP contribution is 2.25. The van der Waals surface area contributed by atoms with Crippen LogP contribution in [0.5, 0.6) is 0 Å². The third-order valence-corrected chi connectivity index (χ3v) is 3.38. The van der Waals surface area contributed by atoms with Crippen LogP contribution in [-0.2, 0) is 0 Å². The normalized spacial score (nSPS) is 10.2. The summed E-state index contributed by atoms with van der Waals surface area (Å²) >= 11 is 5.96. The molecule has 4 nitrogen and oxygen atoms in total. The van der Waals surface area contributed by atoms with E-state index in [1.165, 1.54) is 0 Å². The molecule has 104 valence electrons. The standard InChI is InChI=1S/C15H16ClN3O/c1-10-5-3-4-6-14(10)19(2)15(20)12-9-11(16)7-8-13(12)18-17/h3-9,18H,17H2,1-2H3. The molecule has 0 bridgehead atoms. The molecule has 5 heteroatoms. The van der Waals surface area contributed by atoms with Gasteiger partial charge in [0.1, 0.15) is 0 Å². The fourth-order valence-electron chi connectivity index (χ4n) is 2.05. The van der Waals surface area contributed by atoms with Gasteiger partial charge in [-0.3, -0.25) is 10.6 Å². The van der Waals surface area contributed by atoms with Crippen molar-refractivity contribution in [3.05, 3.63) is 58.6 Å². The minimum absolute atomic E-state index is 0.172. The van der Waals surface area contributed by atoms with Gasteiger partial charge in [-0.2, -0.15) is 0 Å². The second-order valence-electron chi connectivity index (χ2n) is 4.48. The molecule has 0 fully saturated rings. The van der Waals surface area contributed by atoms with Crippen molar-refractivity contribution >= 4 is 28.9 Å². The quantitative estimate of drug-likeness (QED) is 0.674. The first kappa shape index (κ1) is 14.4.